The van der Waals surface area contributed by atoms with Crippen LogP contribution in [0.1, 0.15) is 20.8 Å². The summed E-state index contributed by atoms with van der Waals surface area (Å²) >= 11 is 0. The molecule has 0 aromatic rings. The number of rotatable bonds is 2. The minimum Gasteiger partial charge on any atom is -0.444 e. The number of hydrogen-bond donors (Lipinski definition) is 2. The molecule has 0 radical (unpaired) electrons. The molecule has 0 aromatic heterocycles. The first kappa shape index (κ1) is 14.9. The number of hydrogen-bond acceptors (Lipinski definition) is 5. The lowest BCUT2D eigenvalue weighted by Gasteiger charge is -2.30. The highest BCUT2D eigenvalue weighted by molar-refractivity contribution is 7.89. The van der Waals surface area contributed by atoms with Crippen molar-refractivity contribution in [3.63, 3.8) is 0 Å². The number of nitrogens with one attached hydrogen (secondary N) is 2. The fourth-order valence-electron chi connectivity index (χ4n) is 1.53. The fourth-order valence-corrected chi connectivity index (χ4v) is 2.90. The van der Waals surface area contributed by atoms with E-state index in [-0.39, 0.29) is 12.3 Å². The molecule has 1 fully saturated rings. The lowest BCUT2D eigenvalue weighted by atomic mass is 10.0. The van der Waals surface area contributed by atoms with Gasteiger partial charge in [-0.2, -0.15) is 0 Å². The third-order valence-electron chi connectivity index (χ3n) is 2.33. The molecule has 7 nitrogen and oxygen atoms in total. The van der Waals surface area contributed by atoms with Crippen molar-refractivity contribution in [3.05, 3.63) is 0 Å². The topological polar surface area (TPSA) is 102 Å². The lowest BCUT2D eigenvalue weighted by molar-refractivity contribution is -0.111. The largest absolute Gasteiger partial charge is 0.444 e. The third kappa shape index (κ3) is 4.61. The Morgan fingerprint density at radius 1 is 1.44 bits per heavy atom. The van der Waals surface area contributed by atoms with Crippen molar-refractivity contribution in [2.45, 2.75) is 32.4 Å². The molecule has 0 aliphatic carbocycles. The van der Waals surface area contributed by atoms with Gasteiger partial charge in [0.2, 0.25) is 10.0 Å². The van der Waals surface area contributed by atoms with E-state index >= 15 is 0 Å². The van der Waals surface area contributed by atoms with E-state index in [2.05, 4.69) is 10.0 Å². The van der Waals surface area contributed by atoms with Gasteiger partial charge in [-0.15, -0.1) is 0 Å². The van der Waals surface area contributed by atoms with Crippen LogP contribution in [0.5, 0.6) is 0 Å². The van der Waals surface area contributed by atoms with E-state index in [0.717, 1.165) is 0 Å². The van der Waals surface area contributed by atoms with E-state index < -0.39 is 33.7 Å². The van der Waals surface area contributed by atoms with E-state index in [1.807, 2.05) is 0 Å². The van der Waals surface area contributed by atoms with Crippen LogP contribution < -0.4 is 10.0 Å². The third-order valence-corrected chi connectivity index (χ3v) is 3.74. The minimum absolute atomic E-state index is 0.00764. The van der Waals surface area contributed by atoms with Crippen LogP contribution in [0.2, 0.25) is 0 Å². The Bertz CT molecular complexity index is 426. The van der Waals surface area contributed by atoms with Gasteiger partial charge < -0.3 is 14.8 Å². The summed E-state index contributed by atoms with van der Waals surface area (Å²) in [5.74, 6) is -0.906. The quantitative estimate of drug-likeness (QED) is 0.671. The summed E-state index contributed by atoms with van der Waals surface area (Å²) < 4.78 is 30.0. The Morgan fingerprint density at radius 3 is 2.56 bits per heavy atom. The molecular weight excluding hydrogens is 260 g/mol. The molecule has 0 spiro atoms. The Morgan fingerprint density at radius 2 is 2.06 bits per heavy atom. The average molecular weight is 278 g/mol. The van der Waals surface area contributed by atoms with E-state index in [1.54, 1.807) is 20.8 Å². The normalized spacial score (nSPS) is 27.3. The molecular formula is C10H18N2O5S. The molecule has 0 saturated carbocycles. The molecule has 1 aliphatic rings. The number of amides is 1. The van der Waals surface area contributed by atoms with Crippen molar-refractivity contribution in [2.24, 2.45) is 5.92 Å². The van der Waals surface area contributed by atoms with Crippen LogP contribution in [0.4, 0.5) is 4.79 Å². The molecule has 0 bridgehead atoms. The molecule has 2 unspecified atom stereocenters. The fraction of sp³-hybridized carbons (Fsp3) is 0.800. The zero-order chi connectivity index (χ0) is 14.0. The van der Waals surface area contributed by atoms with Crippen LogP contribution in [-0.4, -0.2) is 44.7 Å². The molecule has 1 amide bonds. The SMILES string of the molecule is CC(C)(C)OC(=O)NC1CS(=O)(=O)NCC1C=O. The molecule has 2 N–H and O–H groups in total. The minimum atomic E-state index is -3.44. The van der Waals surface area contributed by atoms with Crippen molar-refractivity contribution >= 4 is 22.4 Å². The van der Waals surface area contributed by atoms with Gasteiger partial charge in [0, 0.05) is 12.5 Å². The highest BCUT2D eigenvalue weighted by Crippen LogP contribution is 2.12. The van der Waals surface area contributed by atoms with Gasteiger partial charge in [0.1, 0.15) is 11.9 Å². The monoisotopic (exact) mass is 278 g/mol. The second-order valence-corrected chi connectivity index (χ2v) is 7.03. The predicted octanol–water partition coefficient (Wildman–Crippen LogP) is -0.372. The Kier molecular flexibility index (Phi) is 4.33. The molecule has 1 rings (SSSR count). The Labute approximate surface area is 106 Å². The Hall–Kier alpha value is -1.15. The van der Waals surface area contributed by atoms with Gasteiger partial charge in [0.15, 0.2) is 0 Å². The standard InChI is InChI=1S/C10H18N2O5S/c1-10(2,3)17-9(14)12-8-6-18(15,16)11-4-7(8)5-13/h5,7-8,11H,4,6H2,1-3H3,(H,12,14). The van der Waals surface area contributed by atoms with Crippen molar-refractivity contribution in [3.8, 4) is 0 Å². The summed E-state index contributed by atoms with van der Waals surface area (Å²) in [6.07, 6.45) is -0.0968. The second-order valence-electron chi connectivity index (χ2n) is 5.18. The summed E-state index contributed by atoms with van der Waals surface area (Å²) in [6.45, 7) is 5.08. The van der Waals surface area contributed by atoms with Crippen LogP contribution in [-0.2, 0) is 19.6 Å². The van der Waals surface area contributed by atoms with Gasteiger partial charge in [0.25, 0.3) is 0 Å². The summed E-state index contributed by atoms with van der Waals surface area (Å²) in [6, 6.07) is -0.761. The van der Waals surface area contributed by atoms with Crippen molar-refractivity contribution in [1.82, 2.24) is 10.0 Å². The number of alkyl carbamates (subject to hydrolysis) is 1. The maximum absolute atomic E-state index is 11.5. The predicted molar refractivity (Wildman–Crippen MR) is 64.5 cm³/mol. The molecule has 8 heteroatoms. The smallest absolute Gasteiger partial charge is 0.407 e. The van der Waals surface area contributed by atoms with Crippen LogP contribution in [0.15, 0.2) is 0 Å². The zero-order valence-electron chi connectivity index (χ0n) is 10.6. The first-order chi connectivity index (χ1) is 8.13. The number of carbonyl (C=O) groups is 2. The summed E-state index contributed by atoms with van der Waals surface area (Å²) in [5, 5.41) is 2.42. The average Bonchev–Trinajstić information content (AvgIpc) is 2.13. The molecule has 1 aliphatic heterocycles. The van der Waals surface area contributed by atoms with E-state index in [9.17, 15) is 18.0 Å². The van der Waals surface area contributed by atoms with Gasteiger partial charge in [-0.05, 0) is 20.8 Å². The molecule has 1 saturated heterocycles. The molecule has 1 heterocycles. The van der Waals surface area contributed by atoms with Crippen LogP contribution >= 0.6 is 0 Å². The van der Waals surface area contributed by atoms with Gasteiger partial charge in [-0.1, -0.05) is 0 Å². The summed E-state index contributed by atoms with van der Waals surface area (Å²) in [4.78, 5) is 22.4. The van der Waals surface area contributed by atoms with Crippen molar-refractivity contribution in [2.75, 3.05) is 12.3 Å². The van der Waals surface area contributed by atoms with Gasteiger partial charge in [-0.25, -0.2) is 17.9 Å². The van der Waals surface area contributed by atoms with Gasteiger partial charge in [-0.3, -0.25) is 0 Å². The number of aldehydes is 1. The van der Waals surface area contributed by atoms with Gasteiger partial charge >= 0.3 is 6.09 Å². The zero-order valence-corrected chi connectivity index (χ0v) is 11.4. The van der Waals surface area contributed by atoms with E-state index in [1.165, 1.54) is 0 Å². The van der Waals surface area contributed by atoms with Crippen molar-refractivity contribution in [1.29, 1.82) is 0 Å². The van der Waals surface area contributed by atoms with Crippen LogP contribution in [0.25, 0.3) is 0 Å². The van der Waals surface area contributed by atoms with Crippen LogP contribution in [0, 0.1) is 5.92 Å². The summed E-state index contributed by atoms with van der Waals surface area (Å²) in [5.41, 5.74) is -0.674. The number of ether oxygens (including phenoxy) is 1. The van der Waals surface area contributed by atoms with E-state index in [4.69, 9.17) is 4.74 Å². The van der Waals surface area contributed by atoms with Crippen molar-refractivity contribution < 1.29 is 22.7 Å². The second kappa shape index (κ2) is 5.23. The highest BCUT2D eigenvalue weighted by atomic mass is 32.2. The highest BCUT2D eigenvalue weighted by Gasteiger charge is 2.34. The van der Waals surface area contributed by atoms with Crippen LogP contribution in [0.3, 0.4) is 0 Å². The summed E-state index contributed by atoms with van der Waals surface area (Å²) in [7, 11) is -3.44. The Balaban J connectivity index is 2.67. The molecule has 18 heavy (non-hydrogen) atoms. The number of sulfonamides is 1. The maximum Gasteiger partial charge on any atom is 0.407 e. The first-order valence-corrected chi connectivity index (χ1v) is 7.20. The molecule has 2 atom stereocenters. The first-order valence-electron chi connectivity index (χ1n) is 5.55. The maximum atomic E-state index is 11.5. The van der Waals surface area contributed by atoms with E-state index in [0.29, 0.717) is 6.29 Å². The van der Waals surface area contributed by atoms with Gasteiger partial charge in [0.05, 0.1) is 11.8 Å². The number of carbonyl (C=O) groups excluding carboxylic acids is 2. The molecule has 0 aromatic carbocycles. The lowest BCUT2D eigenvalue weighted by Crippen LogP contribution is -2.55. The molecule has 104 valence electrons.